The third kappa shape index (κ3) is 2.16. The van der Waals surface area contributed by atoms with E-state index in [1.807, 2.05) is 18.2 Å². The normalized spacial score (nSPS) is 16.7. The monoisotopic (exact) mass is 239 g/mol. The molecule has 1 saturated carbocycles. The van der Waals surface area contributed by atoms with Crippen LogP contribution in [0.1, 0.15) is 18.4 Å². The van der Waals surface area contributed by atoms with Crippen LogP contribution in [0.3, 0.4) is 0 Å². The summed E-state index contributed by atoms with van der Waals surface area (Å²) in [5, 5.41) is 2.42. The Hall–Kier alpha value is -1.67. The molecule has 2 N–H and O–H groups in total. The van der Waals surface area contributed by atoms with E-state index in [2.05, 4.69) is 24.3 Å². The molecule has 0 heterocycles. The molecule has 2 nitrogen and oxygen atoms in total. The average Bonchev–Trinajstić information content (AvgIpc) is 3.22. The molecule has 3 rings (SSSR count). The van der Waals surface area contributed by atoms with Gasteiger partial charge in [0, 0.05) is 5.92 Å². The fourth-order valence-corrected chi connectivity index (χ4v) is 2.48. The number of benzene rings is 2. The quantitative estimate of drug-likeness (QED) is 0.891. The first-order valence-corrected chi connectivity index (χ1v) is 6.51. The first-order valence-electron chi connectivity index (χ1n) is 6.51. The van der Waals surface area contributed by atoms with E-state index in [1.165, 1.54) is 16.3 Å². The van der Waals surface area contributed by atoms with E-state index < -0.39 is 0 Å². The molecule has 1 atom stereocenters. The predicted octanol–water partition coefficient (Wildman–Crippen LogP) is 2.69. The lowest BCUT2D eigenvalue weighted by molar-refractivity contribution is -0.121. The van der Waals surface area contributed by atoms with Crippen molar-refractivity contribution < 1.29 is 4.79 Å². The Morgan fingerprint density at radius 2 is 1.89 bits per heavy atom. The number of Topliss-reactive ketones (excluding diaryl/α,β-unsaturated/α-hetero) is 1. The van der Waals surface area contributed by atoms with Crippen LogP contribution >= 0.6 is 0 Å². The summed E-state index contributed by atoms with van der Waals surface area (Å²) >= 11 is 0. The van der Waals surface area contributed by atoms with Crippen molar-refractivity contribution in [2.24, 2.45) is 11.7 Å². The maximum Gasteiger partial charge on any atom is 0.152 e. The van der Waals surface area contributed by atoms with Crippen LogP contribution in [0.15, 0.2) is 42.5 Å². The Labute approximate surface area is 107 Å². The second kappa shape index (κ2) is 4.54. The van der Waals surface area contributed by atoms with Crippen LogP contribution in [0.25, 0.3) is 10.8 Å². The highest BCUT2D eigenvalue weighted by Crippen LogP contribution is 2.31. The van der Waals surface area contributed by atoms with Crippen LogP contribution in [0.2, 0.25) is 0 Å². The minimum atomic E-state index is -0.344. The standard InChI is InChI=1S/C16H17NO/c17-15(16(18)12-8-9-12)10-13-6-3-5-11-4-1-2-7-14(11)13/h1-7,12,15H,8-10,17H2/t15-/m1/s1. The third-order valence-electron chi connectivity index (χ3n) is 3.66. The van der Waals surface area contributed by atoms with Gasteiger partial charge in [0.25, 0.3) is 0 Å². The molecule has 0 saturated heterocycles. The highest BCUT2D eigenvalue weighted by atomic mass is 16.1. The van der Waals surface area contributed by atoms with Gasteiger partial charge in [0.1, 0.15) is 0 Å². The average molecular weight is 239 g/mol. The largest absolute Gasteiger partial charge is 0.321 e. The number of fused-ring (bicyclic) bond motifs is 1. The van der Waals surface area contributed by atoms with Crippen molar-refractivity contribution in [1.29, 1.82) is 0 Å². The molecule has 1 aliphatic rings. The predicted molar refractivity (Wildman–Crippen MR) is 73.4 cm³/mol. The number of hydrogen-bond acceptors (Lipinski definition) is 2. The van der Waals surface area contributed by atoms with Crippen molar-refractivity contribution in [2.75, 3.05) is 0 Å². The van der Waals surface area contributed by atoms with E-state index in [0.29, 0.717) is 6.42 Å². The smallest absolute Gasteiger partial charge is 0.152 e. The molecule has 18 heavy (non-hydrogen) atoms. The van der Waals surface area contributed by atoms with Crippen molar-refractivity contribution in [2.45, 2.75) is 25.3 Å². The zero-order chi connectivity index (χ0) is 12.5. The minimum absolute atomic E-state index is 0.239. The first kappa shape index (κ1) is 11.4. The van der Waals surface area contributed by atoms with E-state index in [1.54, 1.807) is 0 Å². The number of carbonyl (C=O) groups excluding carboxylic acids is 1. The number of hydrogen-bond donors (Lipinski definition) is 1. The molecule has 2 aromatic rings. The lowest BCUT2D eigenvalue weighted by Gasteiger charge is -2.12. The SMILES string of the molecule is N[C@H](Cc1cccc2ccccc12)C(=O)C1CC1. The highest BCUT2D eigenvalue weighted by Gasteiger charge is 2.33. The maximum absolute atomic E-state index is 11.9. The van der Waals surface area contributed by atoms with Crippen molar-refractivity contribution >= 4 is 16.6 Å². The first-order chi connectivity index (χ1) is 8.75. The van der Waals surface area contributed by atoms with Crippen LogP contribution < -0.4 is 5.73 Å². The van der Waals surface area contributed by atoms with Gasteiger partial charge in [-0.05, 0) is 35.6 Å². The van der Waals surface area contributed by atoms with Gasteiger partial charge < -0.3 is 5.73 Å². The number of ketones is 1. The summed E-state index contributed by atoms with van der Waals surface area (Å²) in [4.78, 5) is 11.9. The molecule has 0 unspecified atom stereocenters. The molecule has 1 aliphatic carbocycles. The second-order valence-corrected chi connectivity index (χ2v) is 5.13. The topological polar surface area (TPSA) is 43.1 Å². The van der Waals surface area contributed by atoms with Crippen LogP contribution in [0.4, 0.5) is 0 Å². The van der Waals surface area contributed by atoms with E-state index >= 15 is 0 Å². The highest BCUT2D eigenvalue weighted by molar-refractivity contribution is 5.90. The van der Waals surface area contributed by atoms with Crippen molar-refractivity contribution in [1.82, 2.24) is 0 Å². The molecule has 2 aromatic carbocycles. The molecule has 0 radical (unpaired) electrons. The number of nitrogens with two attached hydrogens (primary N) is 1. The fourth-order valence-electron chi connectivity index (χ4n) is 2.48. The van der Waals surface area contributed by atoms with E-state index in [-0.39, 0.29) is 17.7 Å². The molecule has 0 aliphatic heterocycles. The zero-order valence-corrected chi connectivity index (χ0v) is 10.3. The lowest BCUT2D eigenvalue weighted by Crippen LogP contribution is -2.33. The van der Waals surface area contributed by atoms with Crippen LogP contribution in [-0.4, -0.2) is 11.8 Å². The summed E-state index contributed by atoms with van der Waals surface area (Å²) in [5.74, 6) is 0.484. The third-order valence-corrected chi connectivity index (χ3v) is 3.66. The maximum atomic E-state index is 11.9. The van der Waals surface area contributed by atoms with Crippen LogP contribution in [-0.2, 0) is 11.2 Å². The van der Waals surface area contributed by atoms with Crippen molar-refractivity contribution in [3.63, 3.8) is 0 Å². The van der Waals surface area contributed by atoms with E-state index in [4.69, 9.17) is 5.73 Å². The number of carbonyl (C=O) groups is 1. The Bertz CT molecular complexity index is 581. The molecular formula is C16H17NO. The Balaban J connectivity index is 1.87. The summed E-state index contributed by atoms with van der Waals surface area (Å²) < 4.78 is 0. The minimum Gasteiger partial charge on any atom is -0.321 e. The summed E-state index contributed by atoms with van der Waals surface area (Å²) in [6, 6.07) is 14.1. The second-order valence-electron chi connectivity index (χ2n) is 5.13. The molecule has 92 valence electrons. The van der Waals surface area contributed by atoms with Gasteiger partial charge in [-0.3, -0.25) is 4.79 Å². The Morgan fingerprint density at radius 3 is 2.67 bits per heavy atom. The molecule has 0 bridgehead atoms. The van der Waals surface area contributed by atoms with Gasteiger partial charge in [-0.25, -0.2) is 0 Å². The molecule has 0 aromatic heterocycles. The van der Waals surface area contributed by atoms with E-state index in [9.17, 15) is 4.79 Å². The van der Waals surface area contributed by atoms with Gasteiger partial charge in [-0.15, -0.1) is 0 Å². The summed E-state index contributed by atoms with van der Waals surface area (Å²) in [5.41, 5.74) is 7.21. The zero-order valence-electron chi connectivity index (χ0n) is 10.3. The molecule has 2 heteroatoms. The van der Waals surface area contributed by atoms with Gasteiger partial charge in [0.2, 0.25) is 0 Å². The molecule has 0 amide bonds. The lowest BCUT2D eigenvalue weighted by atomic mass is 9.96. The summed E-state index contributed by atoms with van der Waals surface area (Å²) in [6.45, 7) is 0. The van der Waals surface area contributed by atoms with Crippen LogP contribution in [0.5, 0.6) is 0 Å². The molecule has 1 fully saturated rings. The Morgan fingerprint density at radius 1 is 1.17 bits per heavy atom. The molecule has 0 spiro atoms. The van der Waals surface area contributed by atoms with Gasteiger partial charge in [0.05, 0.1) is 6.04 Å². The van der Waals surface area contributed by atoms with Gasteiger partial charge in [-0.2, -0.15) is 0 Å². The van der Waals surface area contributed by atoms with Crippen molar-refractivity contribution in [3.8, 4) is 0 Å². The van der Waals surface area contributed by atoms with Gasteiger partial charge in [0.15, 0.2) is 5.78 Å². The molecular weight excluding hydrogens is 222 g/mol. The van der Waals surface area contributed by atoms with E-state index in [0.717, 1.165) is 12.8 Å². The van der Waals surface area contributed by atoms with Crippen LogP contribution in [0, 0.1) is 5.92 Å². The fraction of sp³-hybridized carbons (Fsp3) is 0.312. The van der Waals surface area contributed by atoms with Gasteiger partial charge in [-0.1, -0.05) is 42.5 Å². The summed E-state index contributed by atoms with van der Waals surface area (Å²) in [7, 11) is 0. The van der Waals surface area contributed by atoms with Gasteiger partial charge >= 0.3 is 0 Å². The Kier molecular flexibility index (Phi) is 2.88. The summed E-state index contributed by atoms with van der Waals surface area (Å²) in [6.07, 6.45) is 2.71. The van der Waals surface area contributed by atoms with Crippen molar-refractivity contribution in [3.05, 3.63) is 48.0 Å². The number of rotatable bonds is 4.